The third kappa shape index (κ3) is 3.96. The number of benzene rings is 1. The summed E-state index contributed by atoms with van der Waals surface area (Å²) in [6.07, 6.45) is 1.60. The maximum Gasteiger partial charge on any atom is 0.242 e. The zero-order valence-electron chi connectivity index (χ0n) is 12.3. The number of sulfonamides is 1. The second kappa shape index (κ2) is 6.62. The fourth-order valence-corrected chi connectivity index (χ4v) is 4.39. The maximum absolute atomic E-state index is 12.5. The van der Waals surface area contributed by atoms with E-state index in [1.165, 1.54) is 0 Å². The van der Waals surface area contributed by atoms with Crippen LogP contribution in [0, 0.1) is 0 Å². The molecule has 0 aromatic heterocycles. The quantitative estimate of drug-likeness (QED) is 0.878. The predicted molar refractivity (Wildman–Crippen MR) is 84.8 cm³/mol. The molecule has 1 heterocycles. The Balaban J connectivity index is 2.19. The smallest absolute Gasteiger partial charge is 0.242 e. The van der Waals surface area contributed by atoms with E-state index in [2.05, 4.69) is 23.6 Å². The third-order valence-electron chi connectivity index (χ3n) is 4.05. The normalized spacial score (nSPS) is 24.2. The molecule has 0 spiro atoms. The Kier molecular flexibility index (Phi) is 5.27. The van der Waals surface area contributed by atoms with E-state index in [1.54, 1.807) is 18.2 Å². The first-order chi connectivity index (χ1) is 9.83. The summed E-state index contributed by atoms with van der Waals surface area (Å²) in [6.45, 7) is 3.26. The minimum Gasteiger partial charge on any atom is -0.326 e. The highest BCUT2D eigenvalue weighted by molar-refractivity contribution is 7.89. The molecule has 0 radical (unpaired) electrons. The minimum atomic E-state index is -3.62. The number of hydrogen-bond donors (Lipinski definition) is 2. The number of nitrogens with zero attached hydrogens (tertiary/aromatic N) is 1. The molecule has 1 aliphatic heterocycles. The van der Waals surface area contributed by atoms with Crippen molar-refractivity contribution in [3.05, 3.63) is 28.8 Å². The summed E-state index contributed by atoms with van der Waals surface area (Å²) in [5.74, 6) is 0. The van der Waals surface area contributed by atoms with Crippen LogP contribution in [0.2, 0.25) is 5.02 Å². The van der Waals surface area contributed by atoms with Gasteiger partial charge in [-0.3, -0.25) is 0 Å². The Morgan fingerprint density at radius 3 is 2.81 bits per heavy atom. The number of nitrogens with one attached hydrogen (secondary N) is 1. The van der Waals surface area contributed by atoms with Gasteiger partial charge in [0.05, 0.1) is 5.02 Å². The van der Waals surface area contributed by atoms with Crippen molar-refractivity contribution in [1.82, 2.24) is 9.62 Å². The van der Waals surface area contributed by atoms with Gasteiger partial charge in [0, 0.05) is 18.6 Å². The first kappa shape index (κ1) is 16.7. The van der Waals surface area contributed by atoms with Crippen molar-refractivity contribution in [3.63, 3.8) is 0 Å². The van der Waals surface area contributed by atoms with E-state index in [0.29, 0.717) is 6.04 Å². The Bertz CT molecular complexity index is 606. The van der Waals surface area contributed by atoms with Crippen molar-refractivity contribution >= 4 is 21.6 Å². The Morgan fingerprint density at radius 1 is 1.48 bits per heavy atom. The first-order valence-corrected chi connectivity index (χ1v) is 8.90. The minimum absolute atomic E-state index is 0.0567. The molecule has 118 valence electrons. The molecule has 2 atom stereocenters. The summed E-state index contributed by atoms with van der Waals surface area (Å²) >= 11 is 6.04. The van der Waals surface area contributed by atoms with Crippen LogP contribution in [0.3, 0.4) is 0 Å². The van der Waals surface area contributed by atoms with E-state index in [4.69, 9.17) is 17.3 Å². The summed E-state index contributed by atoms with van der Waals surface area (Å²) in [5.41, 5.74) is 6.31. The van der Waals surface area contributed by atoms with Gasteiger partial charge in [-0.25, -0.2) is 13.1 Å². The van der Waals surface area contributed by atoms with Gasteiger partial charge in [0.25, 0.3) is 0 Å². The van der Waals surface area contributed by atoms with Gasteiger partial charge in [-0.15, -0.1) is 0 Å². The fraction of sp³-hybridized carbons (Fsp3) is 0.571. The standard InChI is InChI=1S/C14H22ClN3O2S/c1-10-7-12(5-6-18(10)2)17-21(19,20)14-8-11(9-16)3-4-13(14)15/h3-4,8,10,12,17H,5-7,9,16H2,1-2H3. The van der Waals surface area contributed by atoms with Crippen molar-refractivity contribution in [2.24, 2.45) is 5.73 Å². The lowest BCUT2D eigenvalue weighted by molar-refractivity contribution is 0.178. The van der Waals surface area contributed by atoms with Gasteiger partial charge >= 0.3 is 0 Å². The number of piperidine rings is 1. The number of nitrogens with two attached hydrogens (primary N) is 1. The van der Waals surface area contributed by atoms with Crippen molar-refractivity contribution < 1.29 is 8.42 Å². The molecule has 0 amide bonds. The molecule has 0 aliphatic carbocycles. The third-order valence-corrected chi connectivity index (χ3v) is 6.05. The molecule has 1 aliphatic rings. The average Bonchev–Trinajstić information content (AvgIpc) is 2.43. The lowest BCUT2D eigenvalue weighted by atomic mass is 10.0. The van der Waals surface area contributed by atoms with Gasteiger partial charge < -0.3 is 10.6 Å². The van der Waals surface area contributed by atoms with Gasteiger partial charge in [0.15, 0.2) is 0 Å². The van der Waals surface area contributed by atoms with Crippen molar-refractivity contribution in [3.8, 4) is 0 Å². The first-order valence-electron chi connectivity index (χ1n) is 7.04. The van der Waals surface area contributed by atoms with Gasteiger partial charge in [-0.05, 0) is 51.1 Å². The van der Waals surface area contributed by atoms with E-state index in [1.807, 2.05) is 0 Å². The summed E-state index contributed by atoms with van der Waals surface area (Å²) in [6, 6.07) is 5.16. The van der Waals surface area contributed by atoms with Crippen molar-refractivity contribution in [2.75, 3.05) is 13.6 Å². The number of halogens is 1. The second-order valence-electron chi connectivity index (χ2n) is 5.64. The van der Waals surface area contributed by atoms with E-state index in [0.717, 1.165) is 24.9 Å². The molecule has 1 saturated heterocycles. The Morgan fingerprint density at radius 2 is 2.19 bits per heavy atom. The summed E-state index contributed by atoms with van der Waals surface area (Å²) in [7, 11) is -1.57. The molecule has 5 nitrogen and oxygen atoms in total. The van der Waals surface area contributed by atoms with Crippen molar-refractivity contribution in [1.29, 1.82) is 0 Å². The second-order valence-corrected chi connectivity index (χ2v) is 7.73. The van der Waals surface area contributed by atoms with Crippen LogP contribution in [0.1, 0.15) is 25.3 Å². The molecule has 2 unspecified atom stereocenters. The molecule has 0 bridgehead atoms. The Labute approximate surface area is 131 Å². The zero-order chi connectivity index (χ0) is 15.6. The maximum atomic E-state index is 12.5. The molecule has 1 fully saturated rings. The number of likely N-dealkylation sites (tertiary alicyclic amines) is 1. The molecule has 0 saturated carbocycles. The van der Waals surface area contributed by atoms with Gasteiger partial charge in [0.2, 0.25) is 10.0 Å². The Hall–Kier alpha value is -0.660. The van der Waals surface area contributed by atoms with E-state index < -0.39 is 10.0 Å². The molecule has 3 N–H and O–H groups in total. The monoisotopic (exact) mass is 331 g/mol. The molecular formula is C14H22ClN3O2S. The summed E-state index contributed by atoms with van der Waals surface area (Å²) in [5, 5.41) is 0.223. The predicted octanol–water partition coefficient (Wildman–Crippen LogP) is 1.56. The molecule has 21 heavy (non-hydrogen) atoms. The average molecular weight is 332 g/mol. The van der Waals surface area contributed by atoms with E-state index in [9.17, 15) is 8.42 Å². The van der Waals surface area contributed by atoms with Crippen LogP contribution in [0.5, 0.6) is 0 Å². The van der Waals surface area contributed by atoms with Gasteiger partial charge in [-0.2, -0.15) is 0 Å². The van der Waals surface area contributed by atoms with Crippen LogP contribution in [-0.4, -0.2) is 39.0 Å². The van der Waals surface area contributed by atoms with Crippen LogP contribution >= 0.6 is 11.6 Å². The van der Waals surface area contributed by atoms with Crippen LogP contribution in [0.4, 0.5) is 0 Å². The zero-order valence-corrected chi connectivity index (χ0v) is 13.9. The highest BCUT2D eigenvalue weighted by atomic mass is 35.5. The van der Waals surface area contributed by atoms with Crippen LogP contribution in [0.25, 0.3) is 0 Å². The van der Waals surface area contributed by atoms with Crippen molar-refractivity contribution in [2.45, 2.75) is 43.3 Å². The SMILES string of the molecule is CC1CC(NS(=O)(=O)c2cc(CN)ccc2Cl)CCN1C. The topological polar surface area (TPSA) is 75.4 Å². The number of hydrogen-bond acceptors (Lipinski definition) is 4. The lowest BCUT2D eigenvalue weighted by Crippen LogP contribution is -2.47. The largest absolute Gasteiger partial charge is 0.326 e. The molecular weight excluding hydrogens is 310 g/mol. The molecule has 7 heteroatoms. The molecule has 1 aromatic rings. The number of rotatable bonds is 4. The van der Waals surface area contributed by atoms with Gasteiger partial charge in [0.1, 0.15) is 4.90 Å². The van der Waals surface area contributed by atoms with Crippen LogP contribution in [0.15, 0.2) is 23.1 Å². The highest BCUT2D eigenvalue weighted by Crippen LogP contribution is 2.24. The van der Waals surface area contributed by atoms with Crippen LogP contribution in [-0.2, 0) is 16.6 Å². The summed E-state index contributed by atoms with van der Waals surface area (Å²) < 4.78 is 27.8. The van der Waals surface area contributed by atoms with Gasteiger partial charge in [-0.1, -0.05) is 17.7 Å². The highest BCUT2D eigenvalue weighted by Gasteiger charge is 2.28. The van der Waals surface area contributed by atoms with E-state index >= 15 is 0 Å². The van der Waals surface area contributed by atoms with E-state index in [-0.39, 0.29) is 22.5 Å². The molecule has 2 rings (SSSR count). The fourth-order valence-electron chi connectivity index (χ4n) is 2.56. The van der Waals surface area contributed by atoms with Crippen LogP contribution < -0.4 is 10.5 Å². The summed E-state index contributed by atoms with van der Waals surface area (Å²) in [4.78, 5) is 2.34. The lowest BCUT2D eigenvalue weighted by Gasteiger charge is -2.35. The molecule has 1 aromatic carbocycles.